The molecule has 0 aliphatic heterocycles. The molecule has 0 spiro atoms. The van der Waals surface area contributed by atoms with Crippen LogP contribution in [0.2, 0.25) is 0 Å². The van der Waals surface area contributed by atoms with Crippen LogP contribution >= 0.6 is 49.9 Å². The summed E-state index contributed by atoms with van der Waals surface area (Å²) in [6.07, 6.45) is 0.869. The zero-order valence-electron chi connectivity index (χ0n) is 8.49. The Morgan fingerprint density at radius 3 is 2.75 bits per heavy atom. The summed E-state index contributed by atoms with van der Waals surface area (Å²) < 4.78 is 2.42. The van der Waals surface area contributed by atoms with Crippen molar-refractivity contribution in [3.8, 4) is 0 Å². The maximum absolute atomic E-state index is 6.19. The molecule has 2 rings (SSSR count). The monoisotopic (exact) mass is 407 g/mol. The van der Waals surface area contributed by atoms with E-state index in [1.807, 2.05) is 12.1 Å². The van der Waals surface area contributed by atoms with Crippen molar-refractivity contribution in [2.45, 2.75) is 12.5 Å². The lowest BCUT2D eigenvalue weighted by atomic mass is 10.0. The standard InChI is InChI=1S/C12H11BrINS/c13-10-4-2-1-3-8(10)5-11(15)9-6-12(14)16-7-9/h1-4,6-7,11H,5,15H2. The van der Waals surface area contributed by atoms with E-state index in [1.165, 1.54) is 14.0 Å². The predicted molar refractivity (Wildman–Crippen MR) is 81.8 cm³/mol. The molecule has 1 atom stereocenters. The van der Waals surface area contributed by atoms with E-state index in [4.69, 9.17) is 5.73 Å². The van der Waals surface area contributed by atoms with Gasteiger partial charge in [0.15, 0.2) is 0 Å². The third kappa shape index (κ3) is 3.06. The first-order valence-electron chi connectivity index (χ1n) is 4.89. The van der Waals surface area contributed by atoms with Gasteiger partial charge in [-0.3, -0.25) is 0 Å². The van der Waals surface area contributed by atoms with Gasteiger partial charge >= 0.3 is 0 Å². The number of hydrogen-bond donors (Lipinski definition) is 1. The Hall–Kier alpha value is 0.0900. The van der Waals surface area contributed by atoms with Crippen molar-refractivity contribution in [3.05, 3.63) is 54.2 Å². The minimum atomic E-state index is 0.0819. The molecule has 1 aromatic carbocycles. The molecule has 1 unspecified atom stereocenters. The topological polar surface area (TPSA) is 26.0 Å². The molecule has 0 saturated carbocycles. The van der Waals surface area contributed by atoms with Crippen molar-refractivity contribution in [2.75, 3.05) is 0 Å². The van der Waals surface area contributed by atoms with Crippen LogP contribution in [-0.2, 0) is 6.42 Å². The second kappa shape index (κ2) is 5.62. The SMILES string of the molecule is NC(Cc1ccccc1Br)c1csc(I)c1. The van der Waals surface area contributed by atoms with Crippen molar-refractivity contribution >= 4 is 49.9 Å². The molecule has 84 valence electrons. The fourth-order valence-corrected chi connectivity index (χ4v) is 3.42. The number of hydrogen-bond acceptors (Lipinski definition) is 2. The van der Waals surface area contributed by atoms with Crippen molar-refractivity contribution in [1.82, 2.24) is 0 Å². The molecule has 0 aliphatic rings. The van der Waals surface area contributed by atoms with Crippen molar-refractivity contribution in [2.24, 2.45) is 5.73 Å². The lowest BCUT2D eigenvalue weighted by Crippen LogP contribution is -2.12. The summed E-state index contributed by atoms with van der Waals surface area (Å²) in [6.45, 7) is 0. The molecule has 1 nitrogen and oxygen atoms in total. The van der Waals surface area contributed by atoms with Crippen LogP contribution in [0.15, 0.2) is 40.2 Å². The summed E-state index contributed by atoms with van der Waals surface area (Å²) in [7, 11) is 0. The Labute approximate surface area is 121 Å². The molecule has 2 N–H and O–H groups in total. The largest absolute Gasteiger partial charge is 0.324 e. The van der Waals surface area contributed by atoms with Crippen molar-refractivity contribution < 1.29 is 0 Å². The molecule has 4 heteroatoms. The minimum Gasteiger partial charge on any atom is -0.324 e. The zero-order chi connectivity index (χ0) is 11.5. The number of rotatable bonds is 3. The fraction of sp³-hybridized carbons (Fsp3) is 0.167. The first kappa shape index (κ1) is 12.5. The Balaban J connectivity index is 2.13. The summed E-state index contributed by atoms with van der Waals surface area (Å²) in [4.78, 5) is 0. The van der Waals surface area contributed by atoms with E-state index in [0.717, 1.165) is 10.9 Å². The molecule has 16 heavy (non-hydrogen) atoms. The van der Waals surface area contributed by atoms with Gasteiger partial charge < -0.3 is 5.73 Å². The molecule has 1 heterocycles. The van der Waals surface area contributed by atoms with Gasteiger partial charge in [-0.25, -0.2) is 0 Å². The first-order valence-corrected chi connectivity index (χ1v) is 7.65. The average Bonchev–Trinajstić information content (AvgIpc) is 2.68. The quantitative estimate of drug-likeness (QED) is 0.751. The summed E-state index contributed by atoms with van der Waals surface area (Å²) in [5.74, 6) is 0. The summed E-state index contributed by atoms with van der Waals surface area (Å²) in [6, 6.07) is 10.5. The molecular weight excluding hydrogens is 397 g/mol. The highest BCUT2D eigenvalue weighted by Gasteiger charge is 2.10. The lowest BCUT2D eigenvalue weighted by Gasteiger charge is -2.11. The third-order valence-electron chi connectivity index (χ3n) is 2.41. The Morgan fingerprint density at radius 2 is 2.12 bits per heavy atom. The van der Waals surface area contributed by atoms with Crippen LogP contribution in [0.3, 0.4) is 0 Å². The minimum absolute atomic E-state index is 0.0819. The molecule has 2 aromatic rings. The van der Waals surface area contributed by atoms with E-state index >= 15 is 0 Å². The second-order valence-corrected chi connectivity index (χ2v) is 7.25. The van der Waals surface area contributed by atoms with Crippen LogP contribution in [0.4, 0.5) is 0 Å². The molecule has 0 fully saturated rings. The van der Waals surface area contributed by atoms with Crippen LogP contribution in [0.1, 0.15) is 17.2 Å². The Bertz CT molecular complexity index is 483. The van der Waals surface area contributed by atoms with Crippen molar-refractivity contribution in [1.29, 1.82) is 0 Å². The van der Waals surface area contributed by atoms with Gasteiger partial charge in [0, 0.05) is 10.5 Å². The zero-order valence-corrected chi connectivity index (χ0v) is 13.1. The summed E-state index contributed by atoms with van der Waals surface area (Å²) in [5.41, 5.74) is 8.68. The van der Waals surface area contributed by atoms with E-state index in [1.54, 1.807) is 11.3 Å². The van der Waals surface area contributed by atoms with Gasteiger partial charge in [0.25, 0.3) is 0 Å². The number of benzene rings is 1. The normalized spacial score (nSPS) is 12.7. The molecule has 0 radical (unpaired) electrons. The average molecular weight is 408 g/mol. The Morgan fingerprint density at radius 1 is 1.38 bits per heavy atom. The van der Waals surface area contributed by atoms with Gasteiger partial charge in [0.2, 0.25) is 0 Å². The first-order chi connectivity index (χ1) is 7.66. The summed E-state index contributed by atoms with van der Waals surface area (Å²) in [5, 5.41) is 2.14. The van der Waals surface area contributed by atoms with Gasteiger partial charge in [-0.15, -0.1) is 11.3 Å². The maximum atomic E-state index is 6.19. The van der Waals surface area contributed by atoms with E-state index < -0.39 is 0 Å². The fourth-order valence-electron chi connectivity index (χ4n) is 1.54. The van der Waals surface area contributed by atoms with E-state index in [-0.39, 0.29) is 6.04 Å². The van der Waals surface area contributed by atoms with Gasteiger partial charge in [-0.1, -0.05) is 34.1 Å². The van der Waals surface area contributed by atoms with Crippen LogP contribution in [0.25, 0.3) is 0 Å². The van der Waals surface area contributed by atoms with Crippen molar-refractivity contribution in [3.63, 3.8) is 0 Å². The number of nitrogens with two attached hydrogens (primary N) is 1. The number of thiophene rings is 1. The highest BCUT2D eigenvalue weighted by atomic mass is 127. The number of halogens is 2. The highest BCUT2D eigenvalue weighted by molar-refractivity contribution is 14.1. The van der Waals surface area contributed by atoms with Gasteiger partial charge in [-0.05, 0) is 57.7 Å². The highest BCUT2D eigenvalue weighted by Crippen LogP contribution is 2.26. The smallest absolute Gasteiger partial charge is 0.0656 e. The van der Waals surface area contributed by atoms with Crippen LogP contribution in [-0.4, -0.2) is 0 Å². The van der Waals surface area contributed by atoms with Gasteiger partial charge in [-0.2, -0.15) is 0 Å². The molecule has 0 saturated heterocycles. The van der Waals surface area contributed by atoms with E-state index in [9.17, 15) is 0 Å². The molecule has 0 amide bonds. The molecular formula is C12H11BrINS. The third-order valence-corrected chi connectivity index (χ3v) is 4.99. The van der Waals surface area contributed by atoms with Crippen LogP contribution < -0.4 is 5.73 Å². The van der Waals surface area contributed by atoms with E-state index in [2.05, 4.69) is 62.1 Å². The molecule has 0 bridgehead atoms. The second-order valence-electron chi connectivity index (χ2n) is 3.59. The Kier molecular flexibility index (Phi) is 4.41. The van der Waals surface area contributed by atoms with E-state index in [0.29, 0.717) is 0 Å². The van der Waals surface area contributed by atoms with Crippen LogP contribution in [0, 0.1) is 2.88 Å². The molecule has 1 aromatic heterocycles. The lowest BCUT2D eigenvalue weighted by molar-refractivity contribution is 0.723. The molecule has 0 aliphatic carbocycles. The van der Waals surface area contributed by atoms with Crippen LogP contribution in [0.5, 0.6) is 0 Å². The summed E-state index contributed by atoms with van der Waals surface area (Å²) >= 11 is 7.62. The maximum Gasteiger partial charge on any atom is 0.0656 e. The predicted octanol–water partition coefficient (Wildman–Crippen LogP) is 4.36. The van der Waals surface area contributed by atoms with Gasteiger partial charge in [0.1, 0.15) is 0 Å². The van der Waals surface area contributed by atoms with Gasteiger partial charge in [0.05, 0.1) is 2.88 Å².